The maximum atomic E-state index is 12.4. The molecule has 0 bridgehead atoms. The van der Waals surface area contributed by atoms with Gasteiger partial charge >= 0.3 is 0 Å². The molecule has 1 fully saturated rings. The summed E-state index contributed by atoms with van der Waals surface area (Å²) in [6.07, 6.45) is 8.52. The van der Waals surface area contributed by atoms with Gasteiger partial charge in [-0.3, -0.25) is 9.59 Å². The fraction of sp³-hybridized carbons (Fsp3) is 0.476. The minimum absolute atomic E-state index is 0.0258. The Morgan fingerprint density at radius 1 is 1.39 bits per heavy atom. The Morgan fingerprint density at radius 3 is 2.71 bits per heavy atom. The zero-order valence-electron chi connectivity index (χ0n) is 16.9. The molecule has 1 saturated heterocycles. The fourth-order valence-corrected chi connectivity index (χ4v) is 3.12. The number of nitrogens with one attached hydrogen (secondary N) is 3. The molecule has 0 aliphatic carbocycles. The number of amides is 2. The van der Waals surface area contributed by atoms with Crippen LogP contribution in [0.2, 0.25) is 0 Å². The molecule has 152 valence electrons. The van der Waals surface area contributed by atoms with Crippen LogP contribution in [0.1, 0.15) is 39.5 Å². The van der Waals surface area contributed by atoms with Gasteiger partial charge in [0.25, 0.3) is 5.91 Å². The molecule has 0 saturated carbocycles. The zero-order chi connectivity index (χ0) is 20.5. The highest BCUT2D eigenvalue weighted by Gasteiger charge is 2.25. The van der Waals surface area contributed by atoms with Crippen LogP contribution in [0.15, 0.2) is 53.6 Å². The van der Waals surface area contributed by atoms with Crippen LogP contribution in [0.4, 0.5) is 0 Å². The summed E-state index contributed by atoms with van der Waals surface area (Å²) in [5.74, 6) is 0.521. The van der Waals surface area contributed by atoms with Gasteiger partial charge in [0.1, 0.15) is 11.5 Å². The lowest BCUT2D eigenvalue weighted by molar-refractivity contribution is -0.127. The monoisotopic (exact) mass is 385 g/mol. The second-order valence-corrected chi connectivity index (χ2v) is 6.87. The average molecular weight is 386 g/mol. The average Bonchev–Trinajstić information content (AvgIpc) is 3.07. The Morgan fingerprint density at radius 2 is 2.11 bits per heavy atom. The second-order valence-electron chi connectivity index (χ2n) is 6.87. The van der Waals surface area contributed by atoms with Crippen LogP contribution in [-0.2, 0) is 9.59 Å². The van der Waals surface area contributed by atoms with Gasteiger partial charge in [-0.2, -0.15) is 0 Å². The summed E-state index contributed by atoms with van der Waals surface area (Å²) in [4.78, 5) is 30.6. The van der Waals surface area contributed by atoms with Crippen LogP contribution in [-0.4, -0.2) is 48.1 Å². The summed E-state index contributed by atoms with van der Waals surface area (Å²) in [5.41, 5.74) is 1.65. The first-order valence-corrected chi connectivity index (χ1v) is 9.87. The maximum Gasteiger partial charge on any atom is 0.255 e. The largest absolute Gasteiger partial charge is 0.367 e. The van der Waals surface area contributed by atoms with Crippen LogP contribution in [0.25, 0.3) is 0 Å². The summed E-state index contributed by atoms with van der Waals surface area (Å²) in [6.45, 7) is 13.5. The third-order valence-corrected chi connectivity index (χ3v) is 4.83. The predicted octanol–water partition coefficient (Wildman–Crippen LogP) is 1.97. The van der Waals surface area contributed by atoms with Crippen molar-refractivity contribution in [3.63, 3.8) is 0 Å². The molecule has 28 heavy (non-hydrogen) atoms. The Hall–Kier alpha value is -2.83. The van der Waals surface area contributed by atoms with E-state index in [-0.39, 0.29) is 17.9 Å². The van der Waals surface area contributed by atoms with Gasteiger partial charge in [-0.05, 0) is 38.3 Å². The Labute approximate surface area is 167 Å². The second kappa shape index (κ2) is 10.5. The van der Waals surface area contributed by atoms with Crippen LogP contribution in [0, 0.1) is 0 Å². The lowest BCUT2D eigenvalue weighted by atomic mass is 10.0. The number of rotatable bonds is 8. The molecule has 2 aliphatic heterocycles. The van der Waals surface area contributed by atoms with Gasteiger partial charge in [-0.25, -0.2) is 4.99 Å². The third kappa shape index (κ3) is 5.58. The lowest BCUT2D eigenvalue weighted by Gasteiger charge is -2.32. The molecule has 0 aromatic heterocycles. The number of hydrogen-bond donors (Lipinski definition) is 3. The standard InChI is InChI=1S/C21H31N5O2/c1-5-8-11-22-21(28)17-14-23-15(4)20(17)25-18(6-2)24-16-9-12-26(13-10-16)19(27)7-3/h6-7,14,16,23-24H,3-5,8-13H2,1-2H3,(H,22,28)/b18-6-,25-20+. The summed E-state index contributed by atoms with van der Waals surface area (Å²) < 4.78 is 0. The SMILES string of the molecule is C=CC(=O)N1CCC(NC(=C/C)/N=C2\C(=C)NC=C2C(=O)NCCCC)CC1. The Kier molecular flexibility index (Phi) is 8.04. The third-order valence-electron chi connectivity index (χ3n) is 4.83. The van der Waals surface area contributed by atoms with Crippen LogP contribution < -0.4 is 16.0 Å². The quantitative estimate of drug-likeness (QED) is 0.440. The van der Waals surface area contributed by atoms with E-state index >= 15 is 0 Å². The Balaban J connectivity index is 1.99. The number of carbonyl (C=O) groups excluding carboxylic acids is 2. The topological polar surface area (TPSA) is 85.8 Å². The zero-order valence-corrected chi connectivity index (χ0v) is 16.9. The minimum Gasteiger partial charge on any atom is -0.367 e. The predicted molar refractivity (Wildman–Crippen MR) is 112 cm³/mol. The smallest absolute Gasteiger partial charge is 0.255 e. The number of allylic oxidation sites excluding steroid dienone is 2. The van der Waals surface area contributed by atoms with E-state index in [1.54, 1.807) is 11.1 Å². The van der Waals surface area contributed by atoms with Gasteiger partial charge in [0, 0.05) is 31.9 Å². The van der Waals surface area contributed by atoms with Gasteiger partial charge in [0.2, 0.25) is 5.91 Å². The van der Waals surface area contributed by atoms with E-state index in [9.17, 15) is 9.59 Å². The first kappa shape index (κ1) is 21.5. The van der Waals surface area contributed by atoms with Crippen molar-refractivity contribution in [2.24, 2.45) is 4.99 Å². The molecule has 0 unspecified atom stereocenters. The highest BCUT2D eigenvalue weighted by molar-refractivity contribution is 6.29. The van der Waals surface area contributed by atoms with E-state index in [0.29, 0.717) is 42.4 Å². The molecule has 0 spiro atoms. The van der Waals surface area contributed by atoms with Crippen molar-refractivity contribution in [3.8, 4) is 0 Å². The van der Waals surface area contributed by atoms with Crippen molar-refractivity contribution in [3.05, 3.63) is 48.6 Å². The summed E-state index contributed by atoms with van der Waals surface area (Å²) in [6, 6.07) is 0.220. The van der Waals surface area contributed by atoms with Crippen molar-refractivity contribution >= 4 is 17.5 Å². The molecule has 0 atom stereocenters. The first-order chi connectivity index (χ1) is 13.5. The number of nitrogens with zero attached hydrogens (tertiary/aromatic N) is 2. The first-order valence-electron chi connectivity index (χ1n) is 9.87. The minimum atomic E-state index is -0.148. The molecule has 2 amide bonds. The summed E-state index contributed by atoms with van der Waals surface area (Å²) >= 11 is 0. The molecule has 7 heteroatoms. The molecule has 0 radical (unpaired) electrons. The van der Waals surface area contributed by atoms with Crippen molar-refractivity contribution < 1.29 is 9.59 Å². The normalized spacial score (nSPS) is 19.3. The molecule has 3 N–H and O–H groups in total. The molecular formula is C21H31N5O2. The molecule has 2 rings (SSSR count). The number of carbonyl (C=O) groups is 2. The van der Waals surface area contributed by atoms with E-state index in [0.717, 1.165) is 25.7 Å². The number of aliphatic imine (C=N–C) groups is 1. The lowest BCUT2D eigenvalue weighted by Crippen LogP contribution is -2.44. The molecule has 0 aromatic carbocycles. The number of hydrogen-bond acceptors (Lipinski definition) is 5. The molecule has 0 aromatic rings. The van der Waals surface area contributed by atoms with E-state index in [4.69, 9.17) is 0 Å². The van der Waals surface area contributed by atoms with Crippen LogP contribution in [0.3, 0.4) is 0 Å². The fourth-order valence-electron chi connectivity index (χ4n) is 3.12. The summed E-state index contributed by atoms with van der Waals surface area (Å²) in [5, 5.41) is 9.33. The molecule has 2 aliphatic rings. The van der Waals surface area contributed by atoms with E-state index in [1.807, 2.05) is 13.0 Å². The van der Waals surface area contributed by atoms with E-state index < -0.39 is 0 Å². The molecule has 2 heterocycles. The highest BCUT2D eigenvalue weighted by Crippen LogP contribution is 2.16. The van der Waals surface area contributed by atoms with Crippen molar-refractivity contribution in [1.29, 1.82) is 0 Å². The number of likely N-dealkylation sites (tertiary alicyclic amines) is 1. The van der Waals surface area contributed by atoms with Crippen molar-refractivity contribution in [2.75, 3.05) is 19.6 Å². The van der Waals surface area contributed by atoms with Gasteiger partial charge in [-0.15, -0.1) is 0 Å². The highest BCUT2D eigenvalue weighted by atomic mass is 16.2. The van der Waals surface area contributed by atoms with Gasteiger partial charge in [-0.1, -0.05) is 26.5 Å². The van der Waals surface area contributed by atoms with Crippen LogP contribution in [0.5, 0.6) is 0 Å². The van der Waals surface area contributed by atoms with Gasteiger partial charge in [0.15, 0.2) is 0 Å². The van der Waals surface area contributed by atoms with Crippen molar-refractivity contribution in [1.82, 2.24) is 20.9 Å². The Bertz CT molecular complexity index is 712. The van der Waals surface area contributed by atoms with Crippen molar-refractivity contribution in [2.45, 2.75) is 45.6 Å². The number of unbranched alkanes of at least 4 members (excludes halogenated alkanes) is 1. The van der Waals surface area contributed by atoms with Gasteiger partial charge < -0.3 is 20.9 Å². The summed E-state index contributed by atoms with van der Waals surface area (Å²) in [7, 11) is 0. The molecule has 7 nitrogen and oxygen atoms in total. The van der Waals surface area contributed by atoms with Gasteiger partial charge in [0.05, 0.1) is 11.3 Å². The number of piperidine rings is 1. The van der Waals surface area contributed by atoms with E-state index in [1.165, 1.54) is 6.08 Å². The van der Waals surface area contributed by atoms with Crippen LogP contribution >= 0.6 is 0 Å². The maximum absolute atomic E-state index is 12.4. The van der Waals surface area contributed by atoms with E-state index in [2.05, 4.69) is 41.0 Å². The molecular weight excluding hydrogens is 354 g/mol.